The maximum absolute atomic E-state index is 12.6. The molecule has 1 N–H and O–H groups in total. The summed E-state index contributed by atoms with van der Waals surface area (Å²) in [7, 11) is 0. The smallest absolute Gasteiger partial charge is 0.410 e. The Morgan fingerprint density at radius 2 is 2.15 bits per heavy atom. The molecule has 26 heavy (non-hydrogen) atoms. The van der Waals surface area contributed by atoms with Crippen molar-refractivity contribution in [1.82, 2.24) is 9.88 Å². The lowest BCUT2D eigenvalue weighted by molar-refractivity contribution is -0.136. The highest BCUT2D eigenvalue weighted by molar-refractivity contribution is 5.69. The average molecular weight is 360 g/mol. The first-order valence-corrected chi connectivity index (χ1v) is 9.04. The Balaban J connectivity index is 2.10. The lowest BCUT2D eigenvalue weighted by atomic mass is 9.91. The van der Waals surface area contributed by atoms with Crippen molar-refractivity contribution in [3.8, 4) is 0 Å². The van der Waals surface area contributed by atoms with E-state index in [1.54, 1.807) is 17.3 Å². The fraction of sp³-hybridized carbons (Fsp3) is 0.550. The molecule has 2 atom stereocenters. The summed E-state index contributed by atoms with van der Waals surface area (Å²) in [6.07, 6.45) is 9.47. The second-order valence-corrected chi connectivity index (χ2v) is 7.59. The summed E-state index contributed by atoms with van der Waals surface area (Å²) in [6, 6.07) is 3.78. The summed E-state index contributed by atoms with van der Waals surface area (Å²) in [5, 5.41) is 8.70. The molecule has 0 saturated carbocycles. The maximum Gasteiger partial charge on any atom is 0.410 e. The fourth-order valence-electron chi connectivity index (χ4n) is 3.23. The van der Waals surface area contributed by atoms with Crippen LogP contribution in [-0.4, -0.2) is 39.2 Å². The van der Waals surface area contributed by atoms with Crippen LogP contribution in [0.4, 0.5) is 4.79 Å². The van der Waals surface area contributed by atoms with Crippen LogP contribution in [0.25, 0.3) is 0 Å². The number of amides is 1. The Bertz CT molecular complexity index is 637. The topological polar surface area (TPSA) is 79.7 Å². The SMILES string of the molecule is CC(C)(C)OC(=O)N1CC[C@H](C/C=C\CCC(=O)O)[C@@H]1c1cccnc1. The van der Waals surface area contributed by atoms with E-state index in [4.69, 9.17) is 9.84 Å². The van der Waals surface area contributed by atoms with E-state index < -0.39 is 11.6 Å². The molecule has 6 nitrogen and oxygen atoms in total. The van der Waals surface area contributed by atoms with Crippen LogP contribution in [0, 0.1) is 5.92 Å². The molecular weight excluding hydrogens is 332 g/mol. The number of likely N-dealkylation sites (tertiary alicyclic amines) is 1. The standard InChI is InChI=1S/C20H28N2O4/c1-20(2,3)26-19(25)22-13-11-15(8-5-4-6-10-17(23)24)18(22)16-9-7-12-21-14-16/h4-5,7,9,12,14-15,18H,6,8,10-11,13H2,1-3H3,(H,23,24)/b5-4-/t15-,18+/m0/s1. The molecule has 1 aromatic heterocycles. The Morgan fingerprint density at radius 1 is 1.38 bits per heavy atom. The molecular formula is C20H28N2O4. The molecule has 0 aliphatic carbocycles. The first kappa shape index (κ1) is 19.9. The largest absolute Gasteiger partial charge is 0.481 e. The van der Waals surface area contributed by atoms with Crippen LogP contribution in [0.2, 0.25) is 0 Å². The highest BCUT2D eigenvalue weighted by atomic mass is 16.6. The van der Waals surface area contributed by atoms with Gasteiger partial charge in [0, 0.05) is 25.4 Å². The van der Waals surface area contributed by atoms with Gasteiger partial charge in [0.15, 0.2) is 0 Å². The number of pyridine rings is 1. The zero-order chi connectivity index (χ0) is 19.2. The van der Waals surface area contributed by atoms with Crippen LogP contribution in [0.1, 0.15) is 58.1 Å². The molecule has 0 unspecified atom stereocenters. The number of rotatable bonds is 6. The van der Waals surface area contributed by atoms with Crippen LogP contribution in [0.5, 0.6) is 0 Å². The van der Waals surface area contributed by atoms with Crippen molar-refractivity contribution in [1.29, 1.82) is 0 Å². The number of aromatic nitrogens is 1. The summed E-state index contributed by atoms with van der Waals surface area (Å²) in [5.41, 5.74) is 0.463. The number of carboxylic acid groups (broad SMARTS) is 1. The molecule has 0 bridgehead atoms. The third-order valence-corrected chi connectivity index (χ3v) is 4.31. The van der Waals surface area contributed by atoms with Crippen LogP contribution < -0.4 is 0 Å². The average Bonchev–Trinajstić information content (AvgIpc) is 2.97. The number of aliphatic carboxylic acids is 1. The van der Waals surface area contributed by atoms with Crippen molar-refractivity contribution in [2.45, 2.75) is 58.1 Å². The fourth-order valence-corrected chi connectivity index (χ4v) is 3.23. The highest BCUT2D eigenvalue weighted by Gasteiger charge is 2.39. The molecule has 1 aliphatic rings. The van der Waals surface area contributed by atoms with E-state index in [-0.39, 0.29) is 24.5 Å². The second kappa shape index (κ2) is 8.83. The van der Waals surface area contributed by atoms with E-state index in [0.29, 0.717) is 13.0 Å². The van der Waals surface area contributed by atoms with Gasteiger partial charge in [-0.05, 0) is 57.6 Å². The molecule has 1 fully saturated rings. The summed E-state index contributed by atoms with van der Waals surface area (Å²) < 4.78 is 5.57. The van der Waals surface area contributed by atoms with E-state index >= 15 is 0 Å². The highest BCUT2D eigenvalue weighted by Crippen LogP contribution is 2.40. The Kier molecular flexibility index (Phi) is 6.77. The molecule has 0 radical (unpaired) electrons. The predicted octanol–water partition coefficient (Wildman–Crippen LogP) is 4.19. The van der Waals surface area contributed by atoms with E-state index in [1.165, 1.54) is 0 Å². The lowest BCUT2D eigenvalue weighted by Gasteiger charge is -2.30. The number of nitrogens with zero attached hydrogens (tertiary/aromatic N) is 2. The van der Waals surface area contributed by atoms with E-state index in [2.05, 4.69) is 4.98 Å². The van der Waals surface area contributed by atoms with Crippen molar-refractivity contribution in [3.05, 3.63) is 42.2 Å². The summed E-state index contributed by atoms with van der Waals surface area (Å²) in [4.78, 5) is 29.2. The molecule has 2 heterocycles. The van der Waals surface area contributed by atoms with E-state index in [9.17, 15) is 9.59 Å². The van der Waals surface area contributed by atoms with Crippen LogP contribution in [0.15, 0.2) is 36.7 Å². The van der Waals surface area contributed by atoms with Crippen LogP contribution >= 0.6 is 0 Å². The van der Waals surface area contributed by atoms with Crippen LogP contribution in [0.3, 0.4) is 0 Å². The number of hydrogen-bond donors (Lipinski definition) is 1. The van der Waals surface area contributed by atoms with Crippen molar-refractivity contribution >= 4 is 12.1 Å². The molecule has 0 aromatic carbocycles. The minimum atomic E-state index is -0.792. The van der Waals surface area contributed by atoms with Gasteiger partial charge in [-0.2, -0.15) is 0 Å². The molecule has 0 spiro atoms. The third kappa shape index (κ3) is 5.86. The van der Waals surface area contributed by atoms with E-state index in [0.717, 1.165) is 18.4 Å². The third-order valence-electron chi connectivity index (χ3n) is 4.31. The summed E-state index contributed by atoms with van der Waals surface area (Å²) in [6.45, 7) is 6.23. The number of allylic oxidation sites excluding steroid dienone is 2. The quantitative estimate of drug-likeness (QED) is 0.770. The first-order chi connectivity index (χ1) is 12.3. The normalized spacial score (nSPS) is 20.5. The molecule has 1 aliphatic heterocycles. The molecule has 1 saturated heterocycles. The number of hydrogen-bond acceptors (Lipinski definition) is 4. The van der Waals surface area contributed by atoms with Gasteiger partial charge in [-0.15, -0.1) is 0 Å². The maximum atomic E-state index is 12.6. The number of carbonyl (C=O) groups excluding carboxylic acids is 1. The minimum absolute atomic E-state index is 0.0809. The zero-order valence-electron chi connectivity index (χ0n) is 15.7. The summed E-state index contributed by atoms with van der Waals surface area (Å²) in [5.74, 6) is -0.535. The lowest BCUT2D eigenvalue weighted by Crippen LogP contribution is -2.37. The zero-order valence-corrected chi connectivity index (χ0v) is 15.7. The number of ether oxygens (including phenoxy) is 1. The van der Waals surface area contributed by atoms with Crippen molar-refractivity contribution in [3.63, 3.8) is 0 Å². The Morgan fingerprint density at radius 3 is 2.77 bits per heavy atom. The van der Waals surface area contributed by atoms with Gasteiger partial charge in [0.05, 0.1) is 6.04 Å². The van der Waals surface area contributed by atoms with Gasteiger partial charge in [-0.1, -0.05) is 18.2 Å². The van der Waals surface area contributed by atoms with Crippen molar-refractivity contribution in [2.75, 3.05) is 6.54 Å². The van der Waals surface area contributed by atoms with Gasteiger partial charge < -0.3 is 14.7 Å². The van der Waals surface area contributed by atoms with Gasteiger partial charge in [-0.25, -0.2) is 4.79 Å². The van der Waals surface area contributed by atoms with Gasteiger partial charge >= 0.3 is 12.1 Å². The second-order valence-electron chi connectivity index (χ2n) is 7.59. The van der Waals surface area contributed by atoms with Crippen molar-refractivity contribution < 1.29 is 19.4 Å². The Labute approximate surface area is 154 Å². The van der Waals surface area contributed by atoms with Gasteiger partial charge in [-0.3, -0.25) is 9.78 Å². The first-order valence-electron chi connectivity index (χ1n) is 9.04. The minimum Gasteiger partial charge on any atom is -0.481 e. The van der Waals surface area contributed by atoms with E-state index in [1.807, 2.05) is 45.1 Å². The molecule has 142 valence electrons. The molecule has 6 heteroatoms. The number of carboxylic acids is 1. The van der Waals surface area contributed by atoms with Gasteiger partial charge in [0.25, 0.3) is 0 Å². The monoisotopic (exact) mass is 360 g/mol. The van der Waals surface area contributed by atoms with Crippen molar-refractivity contribution in [2.24, 2.45) is 5.92 Å². The van der Waals surface area contributed by atoms with Crippen LogP contribution in [-0.2, 0) is 9.53 Å². The predicted molar refractivity (Wildman–Crippen MR) is 98.7 cm³/mol. The van der Waals surface area contributed by atoms with Gasteiger partial charge in [0.1, 0.15) is 5.60 Å². The molecule has 1 aromatic rings. The number of carbonyl (C=O) groups is 2. The molecule has 1 amide bonds. The van der Waals surface area contributed by atoms with Gasteiger partial charge in [0.2, 0.25) is 0 Å². The Hall–Kier alpha value is -2.37. The summed E-state index contributed by atoms with van der Waals surface area (Å²) >= 11 is 0. The molecule has 2 rings (SSSR count).